The second-order valence-electron chi connectivity index (χ2n) is 5.87. The highest BCUT2D eigenvalue weighted by Gasteiger charge is 2.26. The molecule has 120 valence electrons. The number of anilines is 2. The van der Waals surface area contributed by atoms with Gasteiger partial charge in [0.1, 0.15) is 5.82 Å². The van der Waals surface area contributed by atoms with E-state index >= 15 is 0 Å². The molecule has 1 N–H and O–H groups in total. The molecule has 0 radical (unpaired) electrons. The highest BCUT2D eigenvalue weighted by atomic mass is 16.5. The molecule has 2 saturated heterocycles. The molecule has 3 rings (SSSR count). The van der Waals surface area contributed by atoms with Crippen molar-refractivity contribution in [2.45, 2.75) is 19.8 Å². The van der Waals surface area contributed by atoms with Crippen molar-refractivity contribution >= 4 is 17.7 Å². The van der Waals surface area contributed by atoms with E-state index in [-0.39, 0.29) is 5.92 Å². The van der Waals surface area contributed by atoms with Crippen molar-refractivity contribution in [2.24, 2.45) is 5.92 Å². The Hall–Kier alpha value is -1.89. The summed E-state index contributed by atoms with van der Waals surface area (Å²) >= 11 is 0. The van der Waals surface area contributed by atoms with Gasteiger partial charge in [-0.2, -0.15) is 4.98 Å². The van der Waals surface area contributed by atoms with Crippen LogP contribution < -0.4 is 9.80 Å². The first-order valence-corrected chi connectivity index (χ1v) is 7.79. The molecule has 2 aliphatic rings. The van der Waals surface area contributed by atoms with E-state index in [0.29, 0.717) is 31.9 Å². The molecule has 1 aromatic heterocycles. The molecular weight excluding hydrogens is 284 g/mol. The lowest BCUT2D eigenvalue weighted by Gasteiger charge is -2.32. The van der Waals surface area contributed by atoms with E-state index in [1.807, 2.05) is 13.0 Å². The zero-order valence-electron chi connectivity index (χ0n) is 12.9. The van der Waals surface area contributed by atoms with E-state index in [9.17, 15) is 4.79 Å². The smallest absolute Gasteiger partial charge is 0.306 e. The first kappa shape index (κ1) is 15.0. The number of rotatable bonds is 3. The van der Waals surface area contributed by atoms with Crippen molar-refractivity contribution in [1.82, 2.24) is 9.97 Å². The molecule has 0 spiro atoms. The van der Waals surface area contributed by atoms with Gasteiger partial charge in [0.05, 0.1) is 19.1 Å². The van der Waals surface area contributed by atoms with Crippen LogP contribution in [0.2, 0.25) is 0 Å². The first-order valence-electron chi connectivity index (χ1n) is 7.79. The number of aromatic nitrogens is 2. The van der Waals surface area contributed by atoms with Gasteiger partial charge in [0.15, 0.2) is 0 Å². The molecule has 0 amide bonds. The lowest BCUT2D eigenvalue weighted by atomic mass is 9.97. The maximum absolute atomic E-state index is 11.0. The number of carboxylic acids is 1. The van der Waals surface area contributed by atoms with Crippen molar-refractivity contribution in [3.63, 3.8) is 0 Å². The maximum Gasteiger partial charge on any atom is 0.306 e. The Morgan fingerprint density at radius 1 is 1.18 bits per heavy atom. The summed E-state index contributed by atoms with van der Waals surface area (Å²) in [6.07, 6.45) is 1.30. The van der Waals surface area contributed by atoms with E-state index in [1.165, 1.54) is 0 Å². The number of carbonyl (C=O) groups is 1. The molecule has 0 aromatic carbocycles. The summed E-state index contributed by atoms with van der Waals surface area (Å²) in [6, 6.07) is 2.00. The third-order valence-electron chi connectivity index (χ3n) is 4.29. The third-order valence-corrected chi connectivity index (χ3v) is 4.29. The van der Waals surface area contributed by atoms with Crippen molar-refractivity contribution in [3.8, 4) is 0 Å². The van der Waals surface area contributed by atoms with E-state index in [0.717, 1.165) is 37.8 Å². The van der Waals surface area contributed by atoms with Crippen LogP contribution in [0, 0.1) is 12.8 Å². The fourth-order valence-electron chi connectivity index (χ4n) is 2.96. The lowest BCUT2D eigenvalue weighted by Crippen LogP contribution is -2.39. The summed E-state index contributed by atoms with van der Waals surface area (Å²) < 4.78 is 5.38. The summed E-state index contributed by atoms with van der Waals surface area (Å²) in [4.78, 5) is 24.6. The number of carboxylic acid groups (broad SMARTS) is 1. The second kappa shape index (κ2) is 6.48. The first-order chi connectivity index (χ1) is 10.6. The Balaban J connectivity index is 1.74. The average Bonchev–Trinajstić information content (AvgIpc) is 2.55. The number of ether oxygens (including phenoxy) is 1. The number of hydrogen-bond donors (Lipinski definition) is 1. The number of aliphatic carboxylic acids is 1. The predicted molar refractivity (Wildman–Crippen MR) is 82.4 cm³/mol. The number of aryl methyl sites for hydroxylation is 1. The normalized spacial score (nSPS) is 20.2. The number of nitrogens with zero attached hydrogens (tertiary/aromatic N) is 4. The SMILES string of the molecule is Cc1cc(N2CCOCC2)nc(N2CCC(C(=O)O)CC2)n1. The fraction of sp³-hybridized carbons (Fsp3) is 0.667. The summed E-state index contributed by atoms with van der Waals surface area (Å²) in [5.41, 5.74) is 0.937. The zero-order valence-corrected chi connectivity index (χ0v) is 12.9. The lowest BCUT2D eigenvalue weighted by molar-refractivity contribution is -0.142. The molecule has 0 unspecified atom stereocenters. The van der Waals surface area contributed by atoms with Crippen LogP contribution in [0.3, 0.4) is 0 Å². The van der Waals surface area contributed by atoms with Gasteiger partial charge >= 0.3 is 5.97 Å². The molecule has 3 heterocycles. The minimum Gasteiger partial charge on any atom is -0.481 e. The fourth-order valence-corrected chi connectivity index (χ4v) is 2.96. The minimum atomic E-state index is -0.696. The highest BCUT2D eigenvalue weighted by molar-refractivity contribution is 5.70. The Labute approximate surface area is 129 Å². The van der Waals surface area contributed by atoms with Crippen molar-refractivity contribution in [1.29, 1.82) is 0 Å². The van der Waals surface area contributed by atoms with Crippen LogP contribution in [-0.2, 0) is 9.53 Å². The molecule has 0 saturated carbocycles. The second-order valence-corrected chi connectivity index (χ2v) is 5.87. The van der Waals surface area contributed by atoms with Gasteiger partial charge in [-0.3, -0.25) is 4.79 Å². The summed E-state index contributed by atoms with van der Waals surface area (Å²) in [5.74, 6) is 0.718. The van der Waals surface area contributed by atoms with Crippen LogP contribution in [0.25, 0.3) is 0 Å². The van der Waals surface area contributed by atoms with Gasteiger partial charge in [-0.05, 0) is 19.8 Å². The van der Waals surface area contributed by atoms with Crippen LogP contribution >= 0.6 is 0 Å². The van der Waals surface area contributed by atoms with E-state index in [2.05, 4.69) is 19.8 Å². The van der Waals surface area contributed by atoms with E-state index in [1.54, 1.807) is 0 Å². The molecular formula is C15H22N4O3. The van der Waals surface area contributed by atoms with Gasteiger partial charge in [-0.25, -0.2) is 4.98 Å². The quantitative estimate of drug-likeness (QED) is 0.889. The van der Waals surface area contributed by atoms with Crippen LogP contribution in [0.4, 0.5) is 11.8 Å². The Bertz CT molecular complexity index is 538. The standard InChI is InChI=1S/C15H22N4O3/c1-11-10-13(18-6-8-22-9-7-18)17-15(16-11)19-4-2-12(3-5-19)14(20)21/h10,12H,2-9H2,1H3,(H,20,21). The zero-order chi connectivity index (χ0) is 15.5. The molecule has 0 atom stereocenters. The van der Waals surface area contributed by atoms with E-state index < -0.39 is 5.97 Å². The predicted octanol–water partition coefficient (Wildman–Crippen LogP) is 0.923. The van der Waals surface area contributed by atoms with Crippen LogP contribution in [0.5, 0.6) is 0 Å². The van der Waals surface area contributed by atoms with Crippen molar-refractivity contribution < 1.29 is 14.6 Å². The average molecular weight is 306 g/mol. The molecule has 7 heteroatoms. The van der Waals surface area contributed by atoms with Gasteiger partial charge in [-0.1, -0.05) is 0 Å². The summed E-state index contributed by atoms with van der Waals surface area (Å²) in [5, 5.41) is 9.09. The largest absolute Gasteiger partial charge is 0.481 e. The Morgan fingerprint density at radius 2 is 1.86 bits per heavy atom. The molecule has 2 aliphatic heterocycles. The molecule has 2 fully saturated rings. The minimum absolute atomic E-state index is 0.236. The van der Waals surface area contributed by atoms with Gasteiger partial charge in [0.25, 0.3) is 0 Å². The van der Waals surface area contributed by atoms with Gasteiger partial charge in [-0.15, -0.1) is 0 Å². The number of piperidine rings is 1. The molecule has 22 heavy (non-hydrogen) atoms. The summed E-state index contributed by atoms with van der Waals surface area (Å²) in [6.45, 7) is 6.50. The van der Waals surface area contributed by atoms with Crippen molar-refractivity contribution in [2.75, 3.05) is 49.2 Å². The molecule has 0 aliphatic carbocycles. The summed E-state index contributed by atoms with van der Waals surface area (Å²) in [7, 11) is 0. The molecule has 7 nitrogen and oxygen atoms in total. The van der Waals surface area contributed by atoms with Gasteiger partial charge in [0, 0.05) is 37.9 Å². The van der Waals surface area contributed by atoms with E-state index in [4.69, 9.17) is 9.84 Å². The Morgan fingerprint density at radius 3 is 2.50 bits per heavy atom. The van der Waals surface area contributed by atoms with Gasteiger partial charge < -0.3 is 19.6 Å². The van der Waals surface area contributed by atoms with Crippen molar-refractivity contribution in [3.05, 3.63) is 11.8 Å². The monoisotopic (exact) mass is 306 g/mol. The number of morpholine rings is 1. The molecule has 1 aromatic rings. The van der Waals surface area contributed by atoms with Crippen LogP contribution in [0.1, 0.15) is 18.5 Å². The third kappa shape index (κ3) is 3.30. The maximum atomic E-state index is 11.0. The van der Waals surface area contributed by atoms with Crippen LogP contribution in [0.15, 0.2) is 6.07 Å². The highest BCUT2D eigenvalue weighted by Crippen LogP contribution is 2.23. The topological polar surface area (TPSA) is 78.8 Å². The number of hydrogen-bond acceptors (Lipinski definition) is 6. The van der Waals surface area contributed by atoms with Crippen LogP contribution in [-0.4, -0.2) is 60.4 Å². The molecule has 0 bridgehead atoms. The van der Waals surface area contributed by atoms with Gasteiger partial charge in [0.2, 0.25) is 5.95 Å². The Kier molecular flexibility index (Phi) is 4.42.